The van der Waals surface area contributed by atoms with E-state index in [0.29, 0.717) is 17.5 Å². The molecule has 0 aliphatic rings. The van der Waals surface area contributed by atoms with Gasteiger partial charge in [0.1, 0.15) is 11.2 Å². The number of hydrogen-bond acceptors (Lipinski definition) is 4. The molecule has 0 spiro atoms. The lowest BCUT2D eigenvalue weighted by Crippen LogP contribution is -2.04. The molecule has 0 unspecified atom stereocenters. The van der Waals surface area contributed by atoms with Crippen LogP contribution in [0.1, 0.15) is 0 Å². The van der Waals surface area contributed by atoms with Crippen LogP contribution in [0.5, 0.6) is 0 Å². The summed E-state index contributed by atoms with van der Waals surface area (Å²) in [6.45, 7) is 0. The van der Waals surface area contributed by atoms with Gasteiger partial charge in [0.2, 0.25) is 0 Å². The molecule has 8 aromatic carbocycles. The number of fused-ring (bicyclic) bond motifs is 9. The lowest BCUT2D eigenvalue weighted by Gasteiger charge is -2.16. The van der Waals surface area contributed by atoms with Gasteiger partial charge in [0, 0.05) is 60.8 Å². The Balaban J connectivity index is 1.26. The minimum Gasteiger partial charge on any atom is -0.456 e. The molecule has 12 rings (SSSR count). The zero-order valence-electron chi connectivity index (χ0n) is 30.5. The van der Waals surface area contributed by atoms with Gasteiger partial charge >= 0.3 is 0 Å². The van der Waals surface area contributed by atoms with E-state index in [1.165, 1.54) is 10.8 Å². The van der Waals surface area contributed by atoms with Crippen molar-refractivity contribution in [2.75, 3.05) is 0 Å². The second-order valence-electron chi connectivity index (χ2n) is 14.4. The van der Waals surface area contributed by atoms with E-state index < -0.39 is 0 Å². The number of aromatic nitrogens is 5. The number of hydrogen-bond donors (Lipinski definition) is 0. The van der Waals surface area contributed by atoms with Gasteiger partial charge in [-0.25, -0.2) is 15.0 Å². The lowest BCUT2D eigenvalue weighted by molar-refractivity contribution is 0.669. The topological polar surface area (TPSA) is 61.7 Å². The minimum absolute atomic E-state index is 0.589. The molecule has 0 atom stereocenters. The molecule has 57 heavy (non-hydrogen) atoms. The van der Waals surface area contributed by atoms with Crippen LogP contribution in [0, 0.1) is 0 Å². The first kappa shape index (κ1) is 31.5. The molecule has 0 fully saturated rings. The molecule has 0 radical (unpaired) electrons. The standard InChI is InChI=1S/C51H31N5O/c1-4-16-32(17-5-1)49-52-50(33-18-6-2-7-19-33)54-51(53-49)41-30-44-39(29-45(41)56-42-25-13-10-22-35(42)36-23-11-14-26-43(36)56)38-28-40-37-24-12-15-27-47(37)57-48(40)31-46(38)55(44)34-20-8-3-9-21-34/h1-31H. The third-order valence-electron chi connectivity index (χ3n) is 11.2. The number of nitrogens with zero attached hydrogens (tertiary/aromatic N) is 5. The van der Waals surface area contributed by atoms with Crippen molar-refractivity contribution in [1.29, 1.82) is 0 Å². The Morgan fingerprint density at radius 1 is 0.333 bits per heavy atom. The Morgan fingerprint density at radius 2 is 0.842 bits per heavy atom. The van der Waals surface area contributed by atoms with Crippen LogP contribution < -0.4 is 0 Å². The average molecular weight is 730 g/mol. The molecule has 266 valence electrons. The summed E-state index contributed by atoms with van der Waals surface area (Å²) in [4.78, 5) is 15.7. The number of para-hydroxylation sites is 4. The fraction of sp³-hybridized carbons (Fsp3) is 0. The van der Waals surface area contributed by atoms with Gasteiger partial charge < -0.3 is 13.6 Å². The van der Waals surface area contributed by atoms with Gasteiger partial charge in [-0.05, 0) is 48.5 Å². The van der Waals surface area contributed by atoms with Crippen LogP contribution in [-0.2, 0) is 0 Å². The van der Waals surface area contributed by atoms with Gasteiger partial charge in [0.25, 0.3) is 0 Å². The van der Waals surface area contributed by atoms with Gasteiger partial charge in [0.05, 0.1) is 27.8 Å². The maximum absolute atomic E-state index is 6.49. The highest BCUT2D eigenvalue weighted by Gasteiger charge is 2.24. The predicted molar refractivity (Wildman–Crippen MR) is 232 cm³/mol. The molecule has 4 aromatic heterocycles. The molecule has 0 aliphatic heterocycles. The Bertz CT molecular complexity index is 3400. The summed E-state index contributed by atoms with van der Waals surface area (Å²) in [6, 6.07) is 65.5. The molecule has 12 aromatic rings. The molecular weight excluding hydrogens is 699 g/mol. The summed E-state index contributed by atoms with van der Waals surface area (Å²) < 4.78 is 11.2. The van der Waals surface area contributed by atoms with E-state index in [-0.39, 0.29) is 0 Å². The highest BCUT2D eigenvalue weighted by molar-refractivity contribution is 6.19. The highest BCUT2D eigenvalue weighted by atomic mass is 16.3. The second-order valence-corrected chi connectivity index (χ2v) is 14.4. The van der Waals surface area contributed by atoms with Crippen LogP contribution in [0.3, 0.4) is 0 Å². The van der Waals surface area contributed by atoms with E-state index >= 15 is 0 Å². The molecular formula is C51H31N5O. The molecule has 6 heteroatoms. The highest BCUT2D eigenvalue weighted by Crippen LogP contribution is 2.43. The Hall–Kier alpha value is -7.83. The van der Waals surface area contributed by atoms with E-state index in [9.17, 15) is 0 Å². The molecule has 0 aliphatic carbocycles. The smallest absolute Gasteiger partial charge is 0.166 e. The Labute approximate surface area is 326 Å². The van der Waals surface area contributed by atoms with Crippen LogP contribution in [0.15, 0.2) is 192 Å². The largest absolute Gasteiger partial charge is 0.456 e. The number of furan rings is 1. The monoisotopic (exact) mass is 729 g/mol. The SMILES string of the molecule is c1ccc(-c2nc(-c3ccccc3)nc(-c3cc4c(cc3-n3c5ccccc5c5ccccc53)c3cc5c(cc3n4-c3ccccc3)oc3ccccc35)n2)cc1. The van der Waals surface area contributed by atoms with E-state index in [2.05, 4.69) is 149 Å². The van der Waals surface area contributed by atoms with Gasteiger partial charge in [-0.15, -0.1) is 0 Å². The van der Waals surface area contributed by atoms with Gasteiger partial charge in [-0.1, -0.05) is 133 Å². The van der Waals surface area contributed by atoms with Crippen molar-refractivity contribution < 1.29 is 4.42 Å². The van der Waals surface area contributed by atoms with E-state index in [0.717, 1.165) is 82.8 Å². The van der Waals surface area contributed by atoms with Crippen LogP contribution in [0.25, 0.3) is 111 Å². The van der Waals surface area contributed by atoms with Crippen molar-refractivity contribution in [3.63, 3.8) is 0 Å². The van der Waals surface area contributed by atoms with Crippen molar-refractivity contribution in [2.45, 2.75) is 0 Å². The number of rotatable bonds is 5. The maximum atomic E-state index is 6.49. The van der Waals surface area contributed by atoms with Crippen molar-refractivity contribution in [3.8, 4) is 45.5 Å². The van der Waals surface area contributed by atoms with Crippen LogP contribution in [-0.4, -0.2) is 24.1 Å². The quantitative estimate of drug-likeness (QED) is 0.177. The fourth-order valence-electron chi connectivity index (χ4n) is 8.60. The summed E-state index contributed by atoms with van der Waals surface area (Å²) in [7, 11) is 0. The number of benzene rings is 8. The third kappa shape index (κ3) is 4.87. The predicted octanol–water partition coefficient (Wildman–Crippen LogP) is 13.0. The molecule has 0 saturated heterocycles. The lowest BCUT2D eigenvalue weighted by atomic mass is 10.0. The summed E-state index contributed by atoms with van der Waals surface area (Å²) in [5.41, 5.74) is 10.8. The normalized spacial score (nSPS) is 11.9. The fourth-order valence-corrected chi connectivity index (χ4v) is 8.60. The Kier molecular flexibility index (Phi) is 6.83. The zero-order valence-corrected chi connectivity index (χ0v) is 30.5. The van der Waals surface area contributed by atoms with Gasteiger partial charge in [0.15, 0.2) is 17.5 Å². The van der Waals surface area contributed by atoms with Crippen molar-refractivity contribution in [2.24, 2.45) is 0 Å². The molecule has 0 saturated carbocycles. The molecule has 4 heterocycles. The van der Waals surface area contributed by atoms with Crippen LogP contribution in [0.4, 0.5) is 0 Å². The first-order chi connectivity index (χ1) is 28.3. The Morgan fingerprint density at radius 3 is 1.49 bits per heavy atom. The summed E-state index contributed by atoms with van der Waals surface area (Å²) in [5, 5.41) is 6.80. The summed E-state index contributed by atoms with van der Waals surface area (Å²) >= 11 is 0. The van der Waals surface area contributed by atoms with Crippen LogP contribution >= 0.6 is 0 Å². The van der Waals surface area contributed by atoms with Crippen molar-refractivity contribution >= 4 is 65.6 Å². The van der Waals surface area contributed by atoms with E-state index in [1.54, 1.807) is 0 Å². The van der Waals surface area contributed by atoms with Gasteiger partial charge in [-0.3, -0.25) is 0 Å². The molecule has 0 N–H and O–H groups in total. The molecule has 6 nitrogen and oxygen atoms in total. The average Bonchev–Trinajstić information content (AvgIpc) is 3.92. The van der Waals surface area contributed by atoms with Crippen LogP contribution in [0.2, 0.25) is 0 Å². The summed E-state index contributed by atoms with van der Waals surface area (Å²) in [5.74, 6) is 1.82. The minimum atomic E-state index is 0.589. The first-order valence-corrected chi connectivity index (χ1v) is 19.1. The first-order valence-electron chi connectivity index (χ1n) is 19.1. The van der Waals surface area contributed by atoms with Gasteiger partial charge in [-0.2, -0.15) is 0 Å². The van der Waals surface area contributed by atoms with Crippen molar-refractivity contribution in [3.05, 3.63) is 188 Å². The molecule has 0 amide bonds. The second kappa shape index (κ2) is 12.3. The summed E-state index contributed by atoms with van der Waals surface area (Å²) in [6.07, 6.45) is 0. The zero-order chi connectivity index (χ0) is 37.5. The maximum Gasteiger partial charge on any atom is 0.166 e. The van der Waals surface area contributed by atoms with Crippen molar-refractivity contribution in [1.82, 2.24) is 24.1 Å². The third-order valence-corrected chi connectivity index (χ3v) is 11.2. The van der Waals surface area contributed by atoms with E-state index in [4.69, 9.17) is 19.4 Å². The molecule has 0 bridgehead atoms. The van der Waals surface area contributed by atoms with E-state index in [1.807, 2.05) is 48.5 Å².